The number of rotatable bonds is 3. The fraction of sp³-hybridized carbons (Fsp3) is 0.100. The highest BCUT2D eigenvalue weighted by atomic mass is 35.5. The van der Waals surface area contributed by atoms with Crippen LogP contribution in [0.2, 0.25) is 5.15 Å². The van der Waals surface area contributed by atoms with Crippen molar-refractivity contribution < 1.29 is 9.59 Å². The predicted molar refractivity (Wildman–Crippen MR) is 113 cm³/mol. The number of likely N-dealkylation sites (N-methyl/N-ethyl adjacent to an activating group) is 1. The van der Waals surface area contributed by atoms with Crippen LogP contribution in [0.5, 0.6) is 0 Å². The van der Waals surface area contributed by atoms with Gasteiger partial charge in [0.1, 0.15) is 5.69 Å². The SMILES string of the molecule is C=CCN1C(=O)/C(=C2/C(=O)N(C)c3ccccc32)SC1=Nc1cccnc1Cl. The maximum absolute atomic E-state index is 13.1. The Hall–Kier alpha value is -2.90. The van der Waals surface area contributed by atoms with Gasteiger partial charge in [0, 0.05) is 25.4 Å². The van der Waals surface area contributed by atoms with Gasteiger partial charge < -0.3 is 4.90 Å². The molecule has 2 aliphatic heterocycles. The largest absolute Gasteiger partial charge is 0.311 e. The number of pyridine rings is 1. The number of aromatic nitrogens is 1. The zero-order valence-corrected chi connectivity index (χ0v) is 16.5. The van der Waals surface area contributed by atoms with Crippen molar-refractivity contribution >= 4 is 57.3 Å². The van der Waals surface area contributed by atoms with Crippen molar-refractivity contribution in [1.82, 2.24) is 9.88 Å². The molecular weight excluding hydrogens is 396 g/mol. The van der Waals surface area contributed by atoms with Gasteiger partial charge in [0.25, 0.3) is 11.8 Å². The summed E-state index contributed by atoms with van der Waals surface area (Å²) in [6.45, 7) is 3.98. The van der Waals surface area contributed by atoms with E-state index in [0.717, 1.165) is 23.0 Å². The number of carbonyl (C=O) groups is 2. The molecule has 2 amide bonds. The number of benzene rings is 1. The fourth-order valence-electron chi connectivity index (χ4n) is 3.08. The molecule has 6 nitrogen and oxygen atoms in total. The van der Waals surface area contributed by atoms with E-state index in [0.29, 0.717) is 21.3 Å². The van der Waals surface area contributed by atoms with Crippen LogP contribution in [0.25, 0.3) is 5.57 Å². The Morgan fingerprint density at radius 3 is 2.75 bits per heavy atom. The molecule has 4 rings (SSSR count). The molecular formula is C20H15ClN4O2S. The van der Waals surface area contributed by atoms with Gasteiger partial charge in [0.05, 0.1) is 16.2 Å². The molecule has 2 aliphatic rings. The summed E-state index contributed by atoms with van der Waals surface area (Å²) in [5.74, 6) is -0.492. The highest BCUT2D eigenvalue weighted by Gasteiger charge is 2.41. The molecule has 28 heavy (non-hydrogen) atoms. The number of amidine groups is 1. The van der Waals surface area contributed by atoms with Gasteiger partial charge in [-0.15, -0.1) is 6.58 Å². The third kappa shape index (κ3) is 2.93. The molecule has 2 aromatic rings. The zero-order chi connectivity index (χ0) is 19.8. The van der Waals surface area contributed by atoms with Crippen LogP contribution in [0.3, 0.4) is 0 Å². The topological polar surface area (TPSA) is 65.9 Å². The normalized spacial score (nSPS) is 20.3. The molecule has 0 atom stereocenters. The lowest BCUT2D eigenvalue weighted by molar-refractivity contribution is -0.122. The molecule has 0 bridgehead atoms. The van der Waals surface area contributed by atoms with E-state index in [1.165, 1.54) is 4.90 Å². The van der Waals surface area contributed by atoms with Crippen molar-refractivity contribution in [2.75, 3.05) is 18.5 Å². The maximum Gasteiger partial charge on any atom is 0.267 e. The first kappa shape index (κ1) is 18.5. The van der Waals surface area contributed by atoms with Gasteiger partial charge in [-0.1, -0.05) is 35.9 Å². The minimum Gasteiger partial charge on any atom is -0.311 e. The second kappa shape index (κ2) is 7.26. The third-order valence-corrected chi connectivity index (χ3v) is 5.78. The number of para-hydroxylation sites is 1. The first-order chi connectivity index (χ1) is 13.5. The summed E-state index contributed by atoms with van der Waals surface area (Å²) in [5, 5.41) is 0.673. The second-order valence-electron chi connectivity index (χ2n) is 6.10. The predicted octanol–water partition coefficient (Wildman–Crippen LogP) is 3.87. The van der Waals surface area contributed by atoms with Gasteiger partial charge in [-0.05, 0) is 30.0 Å². The third-order valence-electron chi connectivity index (χ3n) is 4.41. The number of halogens is 1. The summed E-state index contributed by atoms with van der Waals surface area (Å²) >= 11 is 7.27. The van der Waals surface area contributed by atoms with Crippen LogP contribution in [0.15, 0.2) is 65.1 Å². The number of fused-ring (bicyclic) bond motifs is 1. The lowest BCUT2D eigenvalue weighted by Gasteiger charge is -2.12. The van der Waals surface area contributed by atoms with E-state index in [-0.39, 0.29) is 23.5 Å². The fourth-order valence-corrected chi connectivity index (χ4v) is 4.34. The van der Waals surface area contributed by atoms with E-state index in [9.17, 15) is 9.59 Å². The summed E-state index contributed by atoms with van der Waals surface area (Å²) < 4.78 is 0. The Bertz CT molecular complexity index is 1080. The van der Waals surface area contributed by atoms with Crippen molar-refractivity contribution in [3.8, 4) is 0 Å². The molecule has 140 valence electrons. The first-order valence-electron chi connectivity index (χ1n) is 8.44. The molecule has 1 aromatic carbocycles. The number of anilines is 1. The van der Waals surface area contributed by atoms with Crippen LogP contribution in [-0.2, 0) is 9.59 Å². The number of hydrogen-bond acceptors (Lipinski definition) is 5. The molecule has 1 saturated heterocycles. The lowest BCUT2D eigenvalue weighted by Crippen LogP contribution is -2.29. The van der Waals surface area contributed by atoms with Crippen LogP contribution < -0.4 is 4.90 Å². The number of amides is 2. The maximum atomic E-state index is 13.1. The number of nitrogens with zero attached hydrogens (tertiary/aromatic N) is 4. The quantitative estimate of drug-likeness (QED) is 0.437. The molecule has 0 N–H and O–H groups in total. The molecule has 0 spiro atoms. The molecule has 0 saturated carbocycles. The minimum atomic E-state index is -0.280. The Balaban J connectivity index is 1.86. The highest BCUT2D eigenvalue weighted by molar-refractivity contribution is 8.18. The van der Waals surface area contributed by atoms with Crippen molar-refractivity contribution in [2.24, 2.45) is 4.99 Å². The number of carbonyl (C=O) groups excluding carboxylic acids is 2. The highest BCUT2D eigenvalue weighted by Crippen LogP contribution is 2.44. The molecule has 8 heteroatoms. The van der Waals surface area contributed by atoms with Crippen molar-refractivity contribution in [1.29, 1.82) is 0 Å². The van der Waals surface area contributed by atoms with E-state index in [1.54, 1.807) is 36.4 Å². The van der Waals surface area contributed by atoms with Crippen LogP contribution in [0, 0.1) is 0 Å². The van der Waals surface area contributed by atoms with Gasteiger partial charge >= 0.3 is 0 Å². The van der Waals surface area contributed by atoms with Crippen molar-refractivity contribution in [3.63, 3.8) is 0 Å². The summed E-state index contributed by atoms with van der Waals surface area (Å²) in [7, 11) is 1.70. The number of thioether (sulfide) groups is 1. The van der Waals surface area contributed by atoms with Crippen molar-refractivity contribution in [3.05, 3.63) is 70.9 Å². The Labute approximate surface area is 171 Å². The lowest BCUT2D eigenvalue weighted by atomic mass is 10.1. The van der Waals surface area contributed by atoms with Crippen LogP contribution in [-0.4, -0.2) is 40.5 Å². The molecule has 1 aromatic heterocycles. The summed E-state index contributed by atoms with van der Waals surface area (Å²) in [6.07, 6.45) is 3.18. The molecule has 3 heterocycles. The van der Waals surface area contributed by atoms with Crippen LogP contribution in [0.4, 0.5) is 11.4 Å². The molecule has 1 fully saturated rings. The molecule has 0 aliphatic carbocycles. The number of hydrogen-bond donors (Lipinski definition) is 0. The van der Waals surface area contributed by atoms with Gasteiger partial charge in [-0.2, -0.15) is 0 Å². The Morgan fingerprint density at radius 2 is 2.00 bits per heavy atom. The van der Waals surface area contributed by atoms with E-state index in [2.05, 4.69) is 16.6 Å². The molecule has 0 unspecified atom stereocenters. The Kier molecular flexibility index (Phi) is 4.78. The van der Waals surface area contributed by atoms with E-state index in [4.69, 9.17) is 11.6 Å². The second-order valence-corrected chi connectivity index (χ2v) is 7.44. The average molecular weight is 411 g/mol. The summed E-state index contributed by atoms with van der Waals surface area (Å²) in [5.41, 5.74) is 2.36. The van der Waals surface area contributed by atoms with E-state index < -0.39 is 0 Å². The van der Waals surface area contributed by atoms with Crippen molar-refractivity contribution in [2.45, 2.75) is 0 Å². The van der Waals surface area contributed by atoms with Gasteiger partial charge in [-0.3, -0.25) is 14.5 Å². The zero-order valence-electron chi connectivity index (χ0n) is 14.9. The van der Waals surface area contributed by atoms with E-state index >= 15 is 0 Å². The monoisotopic (exact) mass is 410 g/mol. The number of aliphatic imine (C=N–C) groups is 1. The van der Waals surface area contributed by atoms with Gasteiger partial charge in [0.2, 0.25) is 0 Å². The summed E-state index contributed by atoms with van der Waals surface area (Å²) in [4.78, 5) is 37.9. The van der Waals surface area contributed by atoms with Crippen LogP contribution >= 0.6 is 23.4 Å². The minimum absolute atomic E-state index is 0.212. The van der Waals surface area contributed by atoms with Gasteiger partial charge in [-0.25, -0.2) is 9.98 Å². The average Bonchev–Trinajstić information content (AvgIpc) is 3.12. The first-order valence-corrected chi connectivity index (χ1v) is 9.64. The standard InChI is InChI=1S/C20H15ClN4O2S/c1-3-11-25-19(27)16(28-20(25)23-13-8-6-10-22-17(13)21)15-12-7-4-5-9-14(12)24(2)18(15)26/h3-10H,1,11H2,2H3/b16-15-,23-20?. The van der Waals surface area contributed by atoms with E-state index in [1.807, 2.05) is 24.3 Å². The van der Waals surface area contributed by atoms with Gasteiger partial charge in [0.15, 0.2) is 10.3 Å². The summed E-state index contributed by atoms with van der Waals surface area (Å²) in [6, 6.07) is 10.8. The molecule has 0 radical (unpaired) electrons. The van der Waals surface area contributed by atoms with Crippen LogP contribution in [0.1, 0.15) is 5.56 Å². The smallest absolute Gasteiger partial charge is 0.267 e. The Morgan fingerprint density at radius 1 is 1.21 bits per heavy atom.